The first-order valence-corrected chi connectivity index (χ1v) is 11.5. The third-order valence-electron chi connectivity index (χ3n) is 5.21. The summed E-state index contributed by atoms with van der Waals surface area (Å²) in [6.45, 7) is 5.97. The van der Waals surface area contributed by atoms with Gasteiger partial charge in [0.2, 0.25) is 0 Å². The molecular formula is C25H24N2O5S. The van der Waals surface area contributed by atoms with Gasteiger partial charge in [-0.1, -0.05) is 47.7 Å². The molecule has 1 unspecified atom stereocenters. The molecule has 0 saturated carbocycles. The van der Waals surface area contributed by atoms with E-state index < -0.39 is 12.0 Å². The predicted molar refractivity (Wildman–Crippen MR) is 126 cm³/mol. The minimum absolute atomic E-state index is 0.0363. The molecule has 1 aromatic heterocycles. The number of carbonyl (C=O) groups excluding carboxylic acids is 1. The van der Waals surface area contributed by atoms with Crippen molar-refractivity contribution in [3.63, 3.8) is 0 Å². The summed E-state index contributed by atoms with van der Waals surface area (Å²) in [6.07, 6.45) is 1.73. The maximum Gasteiger partial charge on any atom is 0.338 e. The molecule has 2 aromatic carbocycles. The van der Waals surface area contributed by atoms with Gasteiger partial charge in [-0.3, -0.25) is 9.36 Å². The minimum atomic E-state index is -0.637. The van der Waals surface area contributed by atoms with Crippen molar-refractivity contribution in [3.05, 3.63) is 90.6 Å². The second kappa shape index (κ2) is 9.46. The highest BCUT2D eigenvalue weighted by molar-refractivity contribution is 7.07. The molecule has 0 fully saturated rings. The summed E-state index contributed by atoms with van der Waals surface area (Å²) < 4.78 is 12.8. The SMILES string of the molecule is CCOC(=O)C1=C(C)N=c2s/c(=C\c3ccc(O)c(OCC)c3)c(=O)n2C1c1ccccc1. The predicted octanol–water partition coefficient (Wildman–Crippen LogP) is 2.90. The number of hydrogen-bond acceptors (Lipinski definition) is 7. The van der Waals surface area contributed by atoms with Crippen LogP contribution in [0.1, 0.15) is 37.9 Å². The molecule has 170 valence electrons. The van der Waals surface area contributed by atoms with Crippen LogP contribution in [0.4, 0.5) is 0 Å². The van der Waals surface area contributed by atoms with Crippen LogP contribution in [-0.2, 0) is 9.53 Å². The van der Waals surface area contributed by atoms with Gasteiger partial charge in [0, 0.05) is 0 Å². The smallest absolute Gasteiger partial charge is 0.338 e. The van der Waals surface area contributed by atoms with Crippen LogP contribution in [0.15, 0.2) is 69.6 Å². The van der Waals surface area contributed by atoms with Crippen LogP contribution in [0.5, 0.6) is 11.5 Å². The van der Waals surface area contributed by atoms with E-state index in [-0.39, 0.29) is 17.9 Å². The van der Waals surface area contributed by atoms with E-state index in [0.29, 0.717) is 38.5 Å². The van der Waals surface area contributed by atoms with Crippen molar-refractivity contribution in [3.8, 4) is 11.5 Å². The molecule has 0 spiro atoms. The average Bonchev–Trinajstić information content (AvgIpc) is 3.10. The van der Waals surface area contributed by atoms with Crippen LogP contribution < -0.4 is 19.6 Å². The molecule has 0 amide bonds. The van der Waals surface area contributed by atoms with Crippen molar-refractivity contribution in [2.24, 2.45) is 4.99 Å². The molecule has 0 aliphatic carbocycles. The Morgan fingerprint density at radius 1 is 1.18 bits per heavy atom. The fourth-order valence-corrected chi connectivity index (χ4v) is 4.83. The third kappa shape index (κ3) is 4.34. The lowest BCUT2D eigenvalue weighted by Gasteiger charge is -2.24. The van der Waals surface area contributed by atoms with Gasteiger partial charge in [0.15, 0.2) is 16.3 Å². The van der Waals surface area contributed by atoms with Crippen molar-refractivity contribution >= 4 is 23.4 Å². The number of hydrogen-bond donors (Lipinski definition) is 1. The number of carbonyl (C=O) groups is 1. The first kappa shape index (κ1) is 22.5. The Labute approximate surface area is 194 Å². The molecule has 4 rings (SSSR count). The van der Waals surface area contributed by atoms with Gasteiger partial charge >= 0.3 is 5.97 Å². The Bertz CT molecular complexity index is 1400. The molecule has 3 aromatic rings. The molecule has 33 heavy (non-hydrogen) atoms. The topological polar surface area (TPSA) is 90.1 Å². The van der Waals surface area contributed by atoms with Gasteiger partial charge in [0.1, 0.15) is 0 Å². The first-order chi connectivity index (χ1) is 15.9. The van der Waals surface area contributed by atoms with Crippen molar-refractivity contribution in [1.29, 1.82) is 0 Å². The molecule has 7 nitrogen and oxygen atoms in total. The molecule has 1 aliphatic rings. The number of phenolic OH excluding ortho intramolecular Hbond substituents is 1. The van der Waals surface area contributed by atoms with Gasteiger partial charge in [-0.2, -0.15) is 0 Å². The van der Waals surface area contributed by atoms with E-state index in [1.54, 1.807) is 36.6 Å². The number of aromatic nitrogens is 1. The second-order valence-electron chi connectivity index (χ2n) is 7.37. The van der Waals surface area contributed by atoms with Crippen LogP contribution >= 0.6 is 11.3 Å². The quantitative estimate of drug-likeness (QED) is 0.567. The van der Waals surface area contributed by atoms with Crippen molar-refractivity contribution in [2.75, 3.05) is 13.2 Å². The normalized spacial score (nSPS) is 15.7. The molecule has 2 heterocycles. The summed E-state index contributed by atoms with van der Waals surface area (Å²) in [5.41, 5.74) is 2.13. The summed E-state index contributed by atoms with van der Waals surface area (Å²) in [7, 11) is 0. The zero-order valence-electron chi connectivity index (χ0n) is 18.6. The standard InChI is InChI=1S/C25H24N2O5S/c1-4-31-19-13-16(11-12-18(19)28)14-20-23(29)27-22(17-9-7-6-8-10-17)21(24(30)32-5-2)15(3)26-25(27)33-20/h6-14,22,28H,4-5H2,1-3H3/b20-14-. The Morgan fingerprint density at radius 2 is 1.94 bits per heavy atom. The van der Waals surface area contributed by atoms with Crippen LogP contribution in [-0.4, -0.2) is 28.9 Å². The van der Waals surface area contributed by atoms with Crippen molar-refractivity contribution < 1.29 is 19.4 Å². The lowest BCUT2D eigenvalue weighted by Crippen LogP contribution is -2.39. The zero-order chi connectivity index (χ0) is 23.5. The molecular weight excluding hydrogens is 440 g/mol. The third-order valence-corrected chi connectivity index (χ3v) is 6.20. The van der Waals surface area contributed by atoms with Gasteiger partial charge in [0.25, 0.3) is 5.56 Å². The maximum atomic E-state index is 13.5. The number of esters is 1. The van der Waals surface area contributed by atoms with E-state index in [9.17, 15) is 14.7 Å². The highest BCUT2D eigenvalue weighted by Gasteiger charge is 2.33. The monoisotopic (exact) mass is 464 g/mol. The minimum Gasteiger partial charge on any atom is -0.504 e. The number of nitrogens with zero attached hydrogens (tertiary/aromatic N) is 2. The van der Waals surface area contributed by atoms with Crippen molar-refractivity contribution in [2.45, 2.75) is 26.8 Å². The average molecular weight is 465 g/mol. The summed E-state index contributed by atoms with van der Waals surface area (Å²) in [6, 6.07) is 13.7. The molecule has 8 heteroatoms. The van der Waals surface area contributed by atoms with Crippen LogP contribution in [0, 0.1) is 0 Å². The van der Waals surface area contributed by atoms with Gasteiger partial charge in [-0.25, -0.2) is 9.79 Å². The number of phenols is 1. The number of thiazole rings is 1. The van der Waals surface area contributed by atoms with Crippen LogP contribution in [0.2, 0.25) is 0 Å². The number of benzene rings is 2. The van der Waals surface area contributed by atoms with E-state index in [1.165, 1.54) is 17.4 Å². The first-order valence-electron chi connectivity index (χ1n) is 10.6. The number of ether oxygens (including phenoxy) is 2. The van der Waals surface area contributed by atoms with E-state index in [2.05, 4.69) is 4.99 Å². The highest BCUT2D eigenvalue weighted by Crippen LogP contribution is 2.30. The van der Waals surface area contributed by atoms with Gasteiger partial charge in [-0.05, 0) is 50.1 Å². The van der Waals surface area contributed by atoms with Gasteiger partial charge in [-0.15, -0.1) is 0 Å². The summed E-state index contributed by atoms with van der Waals surface area (Å²) >= 11 is 1.25. The molecule has 0 bridgehead atoms. The number of allylic oxidation sites excluding steroid dienone is 1. The van der Waals surface area contributed by atoms with E-state index in [0.717, 1.165) is 5.56 Å². The Kier molecular flexibility index (Phi) is 6.46. The second-order valence-corrected chi connectivity index (χ2v) is 8.38. The number of fused-ring (bicyclic) bond motifs is 1. The molecule has 0 radical (unpaired) electrons. The fraction of sp³-hybridized carbons (Fsp3) is 0.240. The molecule has 1 aliphatic heterocycles. The number of aromatic hydroxyl groups is 1. The molecule has 1 atom stereocenters. The van der Waals surface area contributed by atoms with Crippen LogP contribution in [0.25, 0.3) is 6.08 Å². The lowest BCUT2D eigenvalue weighted by molar-refractivity contribution is -0.139. The lowest BCUT2D eigenvalue weighted by atomic mass is 9.96. The van der Waals surface area contributed by atoms with Gasteiger partial charge in [0.05, 0.1) is 35.1 Å². The Hall–Kier alpha value is -3.65. The highest BCUT2D eigenvalue weighted by atomic mass is 32.1. The maximum absolute atomic E-state index is 13.5. The zero-order valence-corrected chi connectivity index (χ0v) is 19.4. The molecule has 1 N–H and O–H groups in total. The van der Waals surface area contributed by atoms with Crippen LogP contribution in [0.3, 0.4) is 0 Å². The fourth-order valence-electron chi connectivity index (χ4n) is 3.79. The van der Waals surface area contributed by atoms with Gasteiger partial charge < -0.3 is 14.6 Å². The van der Waals surface area contributed by atoms with E-state index >= 15 is 0 Å². The van der Waals surface area contributed by atoms with E-state index in [1.807, 2.05) is 37.3 Å². The Balaban J connectivity index is 1.91. The largest absolute Gasteiger partial charge is 0.504 e. The van der Waals surface area contributed by atoms with Crippen molar-refractivity contribution in [1.82, 2.24) is 4.57 Å². The Morgan fingerprint density at radius 3 is 2.64 bits per heavy atom. The van der Waals surface area contributed by atoms with E-state index in [4.69, 9.17) is 9.47 Å². The number of rotatable bonds is 6. The summed E-state index contributed by atoms with van der Waals surface area (Å²) in [5, 5.41) is 9.97. The summed E-state index contributed by atoms with van der Waals surface area (Å²) in [4.78, 5) is 31.5. The molecule has 0 saturated heterocycles. The summed E-state index contributed by atoms with van der Waals surface area (Å²) in [5.74, 6) is -0.0994.